The van der Waals surface area contributed by atoms with E-state index in [0.717, 1.165) is 6.07 Å². The largest absolute Gasteiger partial charge is 0.380 e. The van der Waals surface area contributed by atoms with Crippen LogP contribution in [0.3, 0.4) is 0 Å². The first-order valence-electron chi connectivity index (χ1n) is 5.54. The molecule has 0 saturated heterocycles. The van der Waals surface area contributed by atoms with Crippen LogP contribution in [0.2, 0.25) is 0 Å². The summed E-state index contributed by atoms with van der Waals surface area (Å²) in [6.45, 7) is 3.29. The lowest BCUT2D eigenvalue weighted by Crippen LogP contribution is -2.27. The number of nitriles is 1. The molecule has 0 fully saturated rings. The van der Waals surface area contributed by atoms with Crippen LogP contribution in [-0.2, 0) is 9.84 Å². The first-order chi connectivity index (χ1) is 8.38. The topological polar surface area (TPSA) is 70.0 Å². The fourth-order valence-corrected chi connectivity index (χ4v) is 2.62. The van der Waals surface area contributed by atoms with E-state index in [1.54, 1.807) is 13.8 Å². The Kier molecular flexibility index (Phi) is 4.68. The molecule has 1 atom stereocenters. The minimum atomic E-state index is -3.09. The molecule has 0 aliphatic carbocycles. The summed E-state index contributed by atoms with van der Waals surface area (Å²) in [5, 5.41) is 11.8. The number of sulfone groups is 1. The van der Waals surface area contributed by atoms with Crippen molar-refractivity contribution in [2.45, 2.75) is 19.9 Å². The molecule has 1 N–H and O–H groups in total. The van der Waals surface area contributed by atoms with E-state index >= 15 is 0 Å². The Hall–Kier alpha value is -1.61. The Morgan fingerprint density at radius 3 is 2.72 bits per heavy atom. The summed E-state index contributed by atoms with van der Waals surface area (Å²) in [7, 11) is -3.09. The number of nitrogens with one attached hydrogen (secondary N) is 1. The third-order valence-corrected chi connectivity index (χ3v) is 4.34. The third kappa shape index (κ3) is 4.00. The van der Waals surface area contributed by atoms with Crippen LogP contribution in [0.4, 0.5) is 10.1 Å². The number of hydrogen-bond donors (Lipinski definition) is 1. The molecule has 0 aliphatic heterocycles. The quantitative estimate of drug-likeness (QED) is 0.887. The highest BCUT2D eigenvalue weighted by molar-refractivity contribution is 7.91. The molecule has 98 valence electrons. The Morgan fingerprint density at radius 1 is 1.50 bits per heavy atom. The van der Waals surface area contributed by atoms with Gasteiger partial charge in [-0.15, -0.1) is 0 Å². The summed E-state index contributed by atoms with van der Waals surface area (Å²) in [5.74, 6) is -0.440. The maximum absolute atomic E-state index is 12.9. The van der Waals surface area contributed by atoms with Crippen LogP contribution in [-0.4, -0.2) is 26.0 Å². The zero-order chi connectivity index (χ0) is 13.8. The first kappa shape index (κ1) is 14.5. The lowest BCUT2D eigenvalue weighted by atomic mass is 10.2. The van der Waals surface area contributed by atoms with Crippen molar-refractivity contribution < 1.29 is 12.8 Å². The lowest BCUT2D eigenvalue weighted by molar-refractivity contribution is 0.593. The van der Waals surface area contributed by atoms with Crippen molar-refractivity contribution in [1.82, 2.24) is 0 Å². The molecule has 0 aliphatic rings. The molecular formula is C12H15FN2O2S. The summed E-state index contributed by atoms with van der Waals surface area (Å²) in [6.07, 6.45) is 0. The number of anilines is 1. The second kappa shape index (κ2) is 5.83. The van der Waals surface area contributed by atoms with Gasteiger partial charge in [0.05, 0.1) is 17.0 Å². The van der Waals surface area contributed by atoms with E-state index in [-0.39, 0.29) is 23.1 Å². The lowest BCUT2D eigenvalue weighted by Gasteiger charge is -2.15. The van der Waals surface area contributed by atoms with Gasteiger partial charge in [0.2, 0.25) is 0 Å². The predicted octanol–water partition coefficient (Wildman–Crippen LogP) is 1.93. The van der Waals surface area contributed by atoms with Gasteiger partial charge in [-0.05, 0) is 25.1 Å². The van der Waals surface area contributed by atoms with Gasteiger partial charge in [-0.2, -0.15) is 5.26 Å². The van der Waals surface area contributed by atoms with Crippen LogP contribution >= 0.6 is 0 Å². The molecule has 6 heteroatoms. The van der Waals surface area contributed by atoms with Crippen LogP contribution < -0.4 is 5.32 Å². The van der Waals surface area contributed by atoms with Gasteiger partial charge in [-0.25, -0.2) is 12.8 Å². The molecule has 0 saturated carbocycles. The molecule has 0 amide bonds. The molecule has 0 heterocycles. The van der Waals surface area contributed by atoms with E-state index in [4.69, 9.17) is 5.26 Å². The molecule has 1 rings (SSSR count). The monoisotopic (exact) mass is 270 g/mol. The molecule has 1 unspecified atom stereocenters. The summed E-state index contributed by atoms with van der Waals surface area (Å²) < 4.78 is 35.8. The van der Waals surface area contributed by atoms with Gasteiger partial charge in [0.1, 0.15) is 11.9 Å². The molecule has 18 heavy (non-hydrogen) atoms. The van der Waals surface area contributed by atoms with Crippen LogP contribution in [0.25, 0.3) is 0 Å². The average Bonchev–Trinajstić information content (AvgIpc) is 2.30. The first-order valence-corrected chi connectivity index (χ1v) is 7.36. The highest BCUT2D eigenvalue weighted by atomic mass is 32.2. The van der Waals surface area contributed by atoms with Crippen LogP contribution in [0.5, 0.6) is 0 Å². The second-order valence-electron chi connectivity index (χ2n) is 4.05. The third-order valence-electron chi connectivity index (χ3n) is 2.45. The van der Waals surface area contributed by atoms with E-state index in [2.05, 4.69) is 5.32 Å². The standard InChI is InChI=1S/C12H15FN2O2S/c1-3-18(16,17)8-9(2)15-12-5-4-11(13)6-10(12)7-14/h4-6,9,15H,3,8H2,1-2H3. The van der Waals surface area contributed by atoms with E-state index in [9.17, 15) is 12.8 Å². The number of halogens is 1. The zero-order valence-corrected chi connectivity index (χ0v) is 11.1. The van der Waals surface area contributed by atoms with Gasteiger partial charge < -0.3 is 5.32 Å². The van der Waals surface area contributed by atoms with E-state index in [0.29, 0.717) is 5.69 Å². The van der Waals surface area contributed by atoms with Gasteiger partial charge in [0.15, 0.2) is 9.84 Å². The fourth-order valence-electron chi connectivity index (χ4n) is 1.54. The predicted molar refractivity (Wildman–Crippen MR) is 68.5 cm³/mol. The van der Waals surface area contributed by atoms with E-state index in [1.807, 2.05) is 6.07 Å². The van der Waals surface area contributed by atoms with Crippen molar-refractivity contribution in [2.24, 2.45) is 0 Å². The molecule has 0 bridgehead atoms. The Bertz CT molecular complexity index is 564. The van der Waals surface area contributed by atoms with Gasteiger partial charge in [-0.1, -0.05) is 6.92 Å². The normalized spacial score (nSPS) is 12.8. The Labute approximate surface area is 106 Å². The molecule has 4 nitrogen and oxygen atoms in total. The summed E-state index contributed by atoms with van der Waals surface area (Å²) in [6, 6.07) is 5.30. The molecule has 0 spiro atoms. The minimum absolute atomic E-state index is 0.0221. The summed E-state index contributed by atoms with van der Waals surface area (Å²) in [5.41, 5.74) is 0.605. The molecule has 0 radical (unpaired) electrons. The number of nitrogens with zero attached hydrogens (tertiary/aromatic N) is 1. The van der Waals surface area contributed by atoms with E-state index in [1.165, 1.54) is 12.1 Å². The molecular weight excluding hydrogens is 255 g/mol. The van der Waals surface area contributed by atoms with Gasteiger partial charge in [0.25, 0.3) is 0 Å². The van der Waals surface area contributed by atoms with E-state index < -0.39 is 15.7 Å². The van der Waals surface area contributed by atoms with Crippen molar-refractivity contribution in [3.63, 3.8) is 0 Å². The van der Waals surface area contributed by atoms with Crippen LogP contribution in [0.1, 0.15) is 19.4 Å². The summed E-state index contributed by atoms with van der Waals surface area (Å²) in [4.78, 5) is 0. The van der Waals surface area contributed by atoms with Crippen LogP contribution in [0.15, 0.2) is 18.2 Å². The average molecular weight is 270 g/mol. The number of rotatable bonds is 5. The minimum Gasteiger partial charge on any atom is -0.380 e. The Balaban J connectivity index is 2.83. The van der Waals surface area contributed by atoms with Crippen molar-refractivity contribution in [3.05, 3.63) is 29.6 Å². The summed E-state index contributed by atoms with van der Waals surface area (Å²) >= 11 is 0. The number of benzene rings is 1. The van der Waals surface area contributed by atoms with Gasteiger partial charge in [0, 0.05) is 11.8 Å². The maximum atomic E-state index is 12.9. The fraction of sp³-hybridized carbons (Fsp3) is 0.417. The van der Waals surface area contributed by atoms with Gasteiger partial charge >= 0.3 is 0 Å². The van der Waals surface area contributed by atoms with Gasteiger partial charge in [-0.3, -0.25) is 0 Å². The smallest absolute Gasteiger partial charge is 0.152 e. The van der Waals surface area contributed by atoms with Crippen molar-refractivity contribution in [1.29, 1.82) is 5.26 Å². The van der Waals surface area contributed by atoms with Crippen molar-refractivity contribution in [3.8, 4) is 6.07 Å². The maximum Gasteiger partial charge on any atom is 0.152 e. The van der Waals surface area contributed by atoms with Crippen molar-refractivity contribution >= 4 is 15.5 Å². The number of hydrogen-bond acceptors (Lipinski definition) is 4. The van der Waals surface area contributed by atoms with Crippen molar-refractivity contribution in [2.75, 3.05) is 16.8 Å². The van der Waals surface area contributed by atoms with Crippen LogP contribution in [0, 0.1) is 17.1 Å². The highest BCUT2D eigenvalue weighted by Crippen LogP contribution is 2.17. The highest BCUT2D eigenvalue weighted by Gasteiger charge is 2.14. The molecule has 1 aromatic rings. The second-order valence-corrected chi connectivity index (χ2v) is 6.44. The SMILES string of the molecule is CCS(=O)(=O)CC(C)Nc1ccc(F)cc1C#N. The molecule has 1 aromatic carbocycles. The molecule has 0 aromatic heterocycles. The zero-order valence-electron chi connectivity index (χ0n) is 10.3. The Morgan fingerprint density at radius 2 is 2.17 bits per heavy atom.